The van der Waals surface area contributed by atoms with Crippen LogP contribution >= 0.6 is 0 Å². The first-order valence-corrected chi connectivity index (χ1v) is 6.54. The molecule has 0 saturated heterocycles. The highest BCUT2D eigenvalue weighted by molar-refractivity contribution is 6.15. The Morgan fingerprint density at radius 3 is 2.05 bits per heavy atom. The third kappa shape index (κ3) is 2.88. The Balaban J connectivity index is 2.65. The summed E-state index contributed by atoms with van der Waals surface area (Å²) in [6, 6.07) is 8.70. The van der Waals surface area contributed by atoms with E-state index in [0.717, 1.165) is 17.7 Å². The van der Waals surface area contributed by atoms with Crippen LogP contribution < -0.4 is 0 Å². The first kappa shape index (κ1) is 15.4. The summed E-state index contributed by atoms with van der Waals surface area (Å²) in [5.74, 6) is -2.99. The van der Waals surface area contributed by atoms with Gasteiger partial charge < -0.3 is 10.2 Å². The second-order valence-electron chi connectivity index (χ2n) is 5.02. The number of aromatic carboxylic acids is 2. The molecule has 0 heterocycles. The van der Waals surface area contributed by atoms with Crippen molar-refractivity contribution in [3.63, 3.8) is 0 Å². The van der Waals surface area contributed by atoms with Crippen molar-refractivity contribution in [2.75, 3.05) is 0 Å². The average Bonchev–Trinajstić information content (AvgIpc) is 2.48. The van der Waals surface area contributed by atoms with Gasteiger partial charge in [0.15, 0.2) is 5.78 Å². The lowest BCUT2D eigenvalue weighted by Gasteiger charge is -2.10. The van der Waals surface area contributed by atoms with Crippen molar-refractivity contribution >= 4 is 17.7 Å². The van der Waals surface area contributed by atoms with Crippen molar-refractivity contribution < 1.29 is 24.6 Å². The zero-order chi connectivity index (χ0) is 16.4. The maximum absolute atomic E-state index is 12.7. The first-order chi connectivity index (χ1) is 10.3. The number of rotatable bonds is 4. The molecule has 2 aromatic carbocycles. The number of aryl methyl sites for hydroxylation is 2. The fourth-order valence-electron chi connectivity index (χ4n) is 2.18. The van der Waals surface area contributed by atoms with Gasteiger partial charge in [0.05, 0.1) is 11.1 Å². The van der Waals surface area contributed by atoms with E-state index in [2.05, 4.69) is 0 Å². The Kier molecular flexibility index (Phi) is 4.08. The molecule has 0 unspecified atom stereocenters. The molecule has 0 atom stereocenters. The number of ketones is 1. The highest BCUT2D eigenvalue weighted by Gasteiger charge is 2.21. The number of carbonyl (C=O) groups excluding carboxylic acids is 1. The molecule has 2 N–H and O–H groups in total. The number of carboxylic acid groups (broad SMARTS) is 2. The molecule has 5 heteroatoms. The number of benzene rings is 2. The highest BCUT2D eigenvalue weighted by atomic mass is 16.4. The normalized spacial score (nSPS) is 10.3. The van der Waals surface area contributed by atoms with Crippen LogP contribution in [0.5, 0.6) is 0 Å². The second kappa shape index (κ2) is 5.81. The molecule has 0 bridgehead atoms. The molecule has 0 spiro atoms. The quantitative estimate of drug-likeness (QED) is 0.847. The van der Waals surface area contributed by atoms with E-state index >= 15 is 0 Å². The molecular formula is C17H14O5. The lowest BCUT2D eigenvalue weighted by molar-refractivity contribution is 0.0679. The fourth-order valence-corrected chi connectivity index (χ4v) is 2.18. The summed E-state index contributed by atoms with van der Waals surface area (Å²) >= 11 is 0. The maximum Gasteiger partial charge on any atom is 0.336 e. The van der Waals surface area contributed by atoms with Gasteiger partial charge in [-0.25, -0.2) is 9.59 Å². The molecule has 0 fully saturated rings. The van der Waals surface area contributed by atoms with Gasteiger partial charge in [-0.05, 0) is 43.7 Å². The zero-order valence-corrected chi connectivity index (χ0v) is 12.1. The van der Waals surface area contributed by atoms with E-state index < -0.39 is 17.7 Å². The van der Waals surface area contributed by atoms with Gasteiger partial charge in [0.1, 0.15) is 0 Å². The average molecular weight is 298 g/mol. The summed E-state index contributed by atoms with van der Waals surface area (Å²) in [4.78, 5) is 35.0. The SMILES string of the molecule is Cc1ccc(C)c(C(=O)c2cc(C(=O)O)ccc2C(=O)O)c1. The van der Waals surface area contributed by atoms with Crippen LogP contribution in [0.15, 0.2) is 36.4 Å². The maximum atomic E-state index is 12.7. The van der Waals surface area contributed by atoms with Crippen molar-refractivity contribution in [2.45, 2.75) is 13.8 Å². The van der Waals surface area contributed by atoms with Crippen LogP contribution in [0.25, 0.3) is 0 Å². The van der Waals surface area contributed by atoms with Crippen LogP contribution in [0, 0.1) is 13.8 Å². The monoisotopic (exact) mass is 298 g/mol. The van der Waals surface area contributed by atoms with E-state index in [9.17, 15) is 19.5 Å². The van der Waals surface area contributed by atoms with Crippen LogP contribution in [0.3, 0.4) is 0 Å². The van der Waals surface area contributed by atoms with Gasteiger partial charge in [-0.15, -0.1) is 0 Å². The van der Waals surface area contributed by atoms with Crippen molar-refractivity contribution in [1.82, 2.24) is 0 Å². The van der Waals surface area contributed by atoms with Crippen LogP contribution in [0.4, 0.5) is 0 Å². The van der Waals surface area contributed by atoms with Crippen molar-refractivity contribution in [2.24, 2.45) is 0 Å². The van der Waals surface area contributed by atoms with Gasteiger partial charge in [-0.2, -0.15) is 0 Å². The molecule has 5 nitrogen and oxygen atoms in total. The second-order valence-corrected chi connectivity index (χ2v) is 5.02. The third-order valence-corrected chi connectivity index (χ3v) is 3.38. The molecule has 0 aliphatic carbocycles. The topological polar surface area (TPSA) is 91.7 Å². The lowest BCUT2D eigenvalue weighted by Crippen LogP contribution is -2.13. The van der Waals surface area contributed by atoms with Gasteiger partial charge in [-0.3, -0.25) is 4.79 Å². The standard InChI is InChI=1S/C17H14O5/c1-9-3-4-10(2)13(7-9)15(18)14-8-11(16(19)20)5-6-12(14)17(21)22/h3-8H,1-2H3,(H,19,20)(H,21,22). The van der Waals surface area contributed by atoms with Crippen molar-refractivity contribution in [1.29, 1.82) is 0 Å². The smallest absolute Gasteiger partial charge is 0.336 e. The molecule has 2 aromatic rings. The van der Waals surface area contributed by atoms with E-state index in [1.165, 1.54) is 6.07 Å². The highest BCUT2D eigenvalue weighted by Crippen LogP contribution is 2.20. The number of hydrogen-bond donors (Lipinski definition) is 2. The van der Waals surface area contributed by atoms with Gasteiger partial charge in [0.25, 0.3) is 0 Å². The minimum Gasteiger partial charge on any atom is -0.478 e. The van der Waals surface area contributed by atoms with Crippen LogP contribution in [0.1, 0.15) is 47.8 Å². The van der Waals surface area contributed by atoms with Crippen LogP contribution in [0.2, 0.25) is 0 Å². The summed E-state index contributed by atoms with van der Waals surface area (Å²) in [6.07, 6.45) is 0. The summed E-state index contributed by atoms with van der Waals surface area (Å²) in [5.41, 5.74) is 1.47. The van der Waals surface area contributed by atoms with E-state index in [1.807, 2.05) is 13.0 Å². The molecule has 0 saturated carbocycles. The van der Waals surface area contributed by atoms with Gasteiger partial charge in [0.2, 0.25) is 0 Å². The molecule has 0 radical (unpaired) electrons. The Morgan fingerprint density at radius 2 is 1.45 bits per heavy atom. The van der Waals surface area contributed by atoms with Gasteiger partial charge in [0, 0.05) is 11.1 Å². The van der Waals surface area contributed by atoms with Crippen LogP contribution in [-0.4, -0.2) is 27.9 Å². The molecule has 2 rings (SSSR count). The van der Waals surface area contributed by atoms with Crippen molar-refractivity contribution in [3.05, 3.63) is 69.8 Å². The summed E-state index contributed by atoms with van der Waals surface area (Å²) < 4.78 is 0. The largest absolute Gasteiger partial charge is 0.478 e. The molecule has 0 aliphatic rings. The van der Waals surface area contributed by atoms with E-state index in [1.54, 1.807) is 19.1 Å². The first-order valence-electron chi connectivity index (χ1n) is 6.54. The molecular weight excluding hydrogens is 284 g/mol. The Hall–Kier alpha value is -2.95. The summed E-state index contributed by atoms with van der Waals surface area (Å²) in [6.45, 7) is 3.57. The fraction of sp³-hybridized carbons (Fsp3) is 0.118. The third-order valence-electron chi connectivity index (χ3n) is 3.38. The molecule has 0 amide bonds. The van der Waals surface area contributed by atoms with Crippen LogP contribution in [-0.2, 0) is 0 Å². The predicted molar refractivity (Wildman–Crippen MR) is 79.7 cm³/mol. The Morgan fingerprint density at radius 1 is 0.773 bits per heavy atom. The number of carbonyl (C=O) groups is 3. The predicted octanol–water partition coefficient (Wildman–Crippen LogP) is 2.93. The van der Waals surface area contributed by atoms with Gasteiger partial charge >= 0.3 is 11.9 Å². The van der Waals surface area contributed by atoms with Crippen molar-refractivity contribution in [3.8, 4) is 0 Å². The molecule has 22 heavy (non-hydrogen) atoms. The van der Waals surface area contributed by atoms with E-state index in [4.69, 9.17) is 5.11 Å². The number of hydrogen-bond acceptors (Lipinski definition) is 3. The molecule has 0 aliphatic heterocycles. The van der Waals surface area contributed by atoms with E-state index in [0.29, 0.717) is 11.1 Å². The molecule has 0 aromatic heterocycles. The summed E-state index contributed by atoms with van der Waals surface area (Å²) in [7, 11) is 0. The Labute approximate surface area is 126 Å². The zero-order valence-electron chi connectivity index (χ0n) is 12.1. The summed E-state index contributed by atoms with van der Waals surface area (Å²) in [5, 5.41) is 18.2. The number of carboxylic acids is 2. The molecule has 112 valence electrons. The van der Waals surface area contributed by atoms with E-state index in [-0.39, 0.29) is 16.7 Å². The minimum absolute atomic E-state index is 0.124. The Bertz CT molecular complexity index is 790. The lowest BCUT2D eigenvalue weighted by atomic mass is 9.93. The van der Waals surface area contributed by atoms with Gasteiger partial charge in [-0.1, -0.05) is 17.7 Å². The minimum atomic E-state index is -1.27.